The van der Waals surface area contributed by atoms with Crippen molar-refractivity contribution >= 4 is 47.3 Å². The smallest absolute Gasteiger partial charge is 0.325 e. The number of likely N-dealkylation sites (tertiary alicyclic amines) is 1. The second kappa shape index (κ2) is 21.0. The van der Waals surface area contributed by atoms with Gasteiger partial charge in [-0.1, -0.05) is 105 Å². The molecule has 1 fully saturated rings. The van der Waals surface area contributed by atoms with Gasteiger partial charge in [0.1, 0.15) is 40.8 Å². The molecule has 3 aromatic carbocycles. The molecular formula is C47H61N7O9. The maximum absolute atomic E-state index is 14.6. The van der Waals surface area contributed by atoms with Crippen molar-refractivity contribution < 1.29 is 43.5 Å². The van der Waals surface area contributed by atoms with E-state index in [1.807, 2.05) is 105 Å². The van der Waals surface area contributed by atoms with E-state index in [1.165, 1.54) is 46.4 Å². The van der Waals surface area contributed by atoms with Crippen LogP contribution in [0.15, 0.2) is 91.0 Å². The van der Waals surface area contributed by atoms with Crippen LogP contribution in [0.4, 0.5) is 0 Å². The molecule has 0 radical (unpaired) electrons. The number of benzene rings is 3. The molecule has 63 heavy (non-hydrogen) atoms. The first-order valence-electron chi connectivity index (χ1n) is 21.1. The first-order chi connectivity index (χ1) is 29.6. The van der Waals surface area contributed by atoms with Crippen LogP contribution in [0.2, 0.25) is 0 Å². The molecule has 7 amide bonds. The fraction of sp³-hybridized carbons (Fsp3) is 0.447. The highest BCUT2D eigenvalue weighted by atomic mass is 16.4. The maximum Gasteiger partial charge on any atom is 0.325 e. The van der Waals surface area contributed by atoms with Crippen LogP contribution in [-0.2, 0) is 43.9 Å². The summed E-state index contributed by atoms with van der Waals surface area (Å²) in [5.41, 5.74) is -2.22. The molecule has 0 spiro atoms. The van der Waals surface area contributed by atoms with Crippen LogP contribution in [0.25, 0.3) is 0 Å². The van der Waals surface area contributed by atoms with E-state index in [9.17, 15) is 43.5 Å². The predicted molar refractivity (Wildman–Crippen MR) is 235 cm³/mol. The van der Waals surface area contributed by atoms with Gasteiger partial charge in [-0.3, -0.25) is 38.4 Å². The maximum atomic E-state index is 14.6. The summed E-state index contributed by atoms with van der Waals surface area (Å²) in [4.78, 5) is 109. The van der Waals surface area contributed by atoms with Crippen LogP contribution in [0.1, 0.15) is 97.8 Å². The third-order valence-corrected chi connectivity index (χ3v) is 10.9. The fourth-order valence-electron chi connectivity index (χ4n) is 7.71. The molecule has 1 aliphatic rings. The zero-order valence-electron chi connectivity index (χ0n) is 37.2. The normalized spacial score (nSPS) is 15.6. The molecule has 16 nitrogen and oxygen atoms in total. The Bertz CT molecular complexity index is 2030. The fourth-order valence-corrected chi connectivity index (χ4v) is 7.71. The summed E-state index contributed by atoms with van der Waals surface area (Å²) in [6.45, 7) is 12.2. The van der Waals surface area contributed by atoms with Gasteiger partial charge in [0.15, 0.2) is 0 Å². The molecule has 4 rings (SSSR count). The average Bonchev–Trinajstić information content (AvgIpc) is 3.72. The van der Waals surface area contributed by atoms with Gasteiger partial charge in [-0.05, 0) is 76.5 Å². The molecule has 7 N–H and O–H groups in total. The molecule has 1 aliphatic heterocycles. The lowest BCUT2D eigenvalue weighted by Gasteiger charge is -2.37. The number of carboxylic acids is 1. The SMILES string of the molecule is CC(=O)NC(C)(C)C(=O)N[C@@H](CC(=O)NC(c1ccccc1)(c1ccccc1)c1ccccc1)C(=O)N[C@@H](CC(C)C)C(=O)NC(C)(C)C(=O)N1CCC[C@H]1C(=O)N[C@@H](C)C(=O)O. The number of carboxylic acid groups (broad SMARTS) is 1. The Labute approximate surface area is 368 Å². The van der Waals surface area contributed by atoms with Crippen molar-refractivity contribution in [3.8, 4) is 0 Å². The van der Waals surface area contributed by atoms with E-state index in [1.54, 1.807) is 0 Å². The Morgan fingerprint density at radius 2 is 1.17 bits per heavy atom. The summed E-state index contributed by atoms with van der Waals surface area (Å²) in [5, 5.41) is 25.5. The van der Waals surface area contributed by atoms with Crippen LogP contribution in [0.5, 0.6) is 0 Å². The molecule has 0 saturated carbocycles. The molecule has 16 heteroatoms. The minimum Gasteiger partial charge on any atom is -0.480 e. The van der Waals surface area contributed by atoms with Gasteiger partial charge >= 0.3 is 5.97 Å². The van der Waals surface area contributed by atoms with Crippen LogP contribution in [0.3, 0.4) is 0 Å². The largest absolute Gasteiger partial charge is 0.480 e. The molecule has 1 saturated heterocycles. The number of aliphatic carboxylic acids is 1. The second-order valence-corrected chi connectivity index (χ2v) is 17.5. The molecule has 0 aliphatic carbocycles. The van der Waals surface area contributed by atoms with Crippen LogP contribution < -0.4 is 31.9 Å². The number of hydrogen-bond donors (Lipinski definition) is 7. The zero-order valence-corrected chi connectivity index (χ0v) is 37.2. The Balaban J connectivity index is 1.66. The van der Waals surface area contributed by atoms with Crippen molar-refractivity contribution in [1.82, 2.24) is 36.8 Å². The Morgan fingerprint density at radius 1 is 0.667 bits per heavy atom. The number of nitrogens with zero attached hydrogens (tertiary/aromatic N) is 1. The minimum absolute atomic E-state index is 0.0903. The number of carbonyl (C=O) groups is 8. The van der Waals surface area contributed by atoms with Crippen LogP contribution >= 0.6 is 0 Å². The molecule has 3 aromatic rings. The van der Waals surface area contributed by atoms with E-state index in [2.05, 4.69) is 31.9 Å². The number of rotatable bonds is 19. The van der Waals surface area contributed by atoms with Crippen LogP contribution in [0, 0.1) is 5.92 Å². The number of amides is 7. The molecule has 0 unspecified atom stereocenters. The molecule has 338 valence electrons. The van der Waals surface area contributed by atoms with Crippen molar-refractivity contribution in [2.24, 2.45) is 5.92 Å². The first-order valence-corrected chi connectivity index (χ1v) is 21.1. The Kier molecular flexibility index (Phi) is 16.4. The summed E-state index contributed by atoms with van der Waals surface area (Å²) in [6, 6.07) is 22.9. The van der Waals surface area contributed by atoms with Gasteiger partial charge in [0.05, 0.1) is 6.42 Å². The lowest BCUT2D eigenvalue weighted by Crippen LogP contribution is -2.63. The van der Waals surface area contributed by atoms with Gasteiger partial charge in [0, 0.05) is 13.5 Å². The summed E-state index contributed by atoms with van der Waals surface area (Å²) < 4.78 is 0. The van der Waals surface area contributed by atoms with E-state index in [-0.39, 0.29) is 18.9 Å². The quantitative estimate of drug-likeness (QED) is 0.0878. The van der Waals surface area contributed by atoms with Gasteiger partial charge in [0.2, 0.25) is 41.4 Å². The van der Waals surface area contributed by atoms with Gasteiger partial charge in [-0.25, -0.2) is 0 Å². The highest BCUT2D eigenvalue weighted by Gasteiger charge is 2.44. The van der Waals surface area contributed by atoms with E-state index in [4.69, 9.17) is 0 Å². The average molecular weight is 868 g/mol. The van der Waals surface area contributed by atoms with E-state index < -0.39 is 94.5 Å². The molecular weight excluding hydrogens is 807 g/mol. The van der Waals surface area contributed by atoms with Gasteiger partial charge < -0.3 is 41.9 Å². The van der Waals surface area contributed by atoms with E-state index in [0.717, 1.165) is 0 Å². The highest BCUT2D eigenvalue weighted by molar-refractivity contribution is 6.00. The summed E-state index contributed by atoms with van der Waals surface area (Å²) in [6.07, 6.45) is 0.264. The van der Waals surface area contributed by atoms with Crippen molar-refractivity contribution in [2.75, 3.05) is 6.54 Å². The first kappa shape index (κ1) is 49.1. The van der Waals surface area contributed by atoms with E-state index >= 15 is 0 Å². The van der Waals surface area contributed by atoms with Crippen molar-refractivity contribution in [3.63, 3.8) is 0 Å². The lowest BCUT2D eigenvalue weighted by atomic mass is 9.77. The third kappa shape index (κ3) is 12.5. The standard InChI is InChI=1S/C47H61N7O9/c1-29(2)27-35(40(58)53-46(7,8)44(63)54-26-18-25-37(54)41(59)48-30(3)42(60)61)49-39(57)36(50-43(62)45(5,6)51-31(4)55)28-38(56)52-47(32-19-12-9-13-20-32,33-21-14-10-15-22-33)34-23-16-11-17-24-34/h9-17,19-24,29-30,35-37H,18,25-28H2,1-8H3,(H,48,59)(H,49,57)(H,50,62)(H,51,55)(H,52,56)(H,53,58)(H,60,61)/t30-,35-,36-,37-/m0/s1. The van der Waals surface area contributed by atoms with Crippen molar-refractivity contribution in [2.45, 2.75) is 122 Å². The number of hydrogen-bond acceptors (Lipinski definition) is 8. The Hall–Kier alpha value is -6.58. The lowest BCUT2D eigenvalue weighted by molar-refractivity contribution is -0.146. The Morgan fingerprint density at radius 3 is 1.63 bits per heavy atom. The van der Waals surface area contributed by atoms with Gasteiger partial charge in [-0.2, -0.15) is 0 Å². The second-order valence-electron chi connectivity index (χ2n) is 17.5. The molecule has 1 heterocycles. The number of carbonyl (C=O) groups excluding carboxylic acids is 7. The minimum atomic E-state index is -1.59. The van der Waals surface area contributed by atoms with Gasteiger partial charge in [-0.15, -0.1) is 0 Å². The van der Waals surface area contributed by atoms with Crippen molar-refractivity contribution in [1.29, 1.82) is 0 Å². The molecule has 0 bridgehead atoms. The molecule has 0 aromatic heterocycles. The summed E-state index contributed by atoms with van der Waals surface area (Å²) in [5.74, 6) is -6.15. The topological polar surface area (TPSA) is 232 Å². The molecule has 4 atom stereocenters. The highest BCUT2D eigenvalue weighted by Crippen LogP contribution is 2.37. The van der Waals surface area contributed by atoms with E-state index in [0.29, 0.717) is 29.5 Å². The zero-order chi connectivity index (χ0) is 46.7. The van der Waals surface area contributed by atoms with Crippen molar-refractivity contribution in [3.05, 3.63) is 108 Å². The van der Waals surface area contributed by atoms with Gasteiger partial charge in [0.25, 0.3) is 0 Å². The summed E-state index contributed by atoms with van der Waals surface area (Å²) >= 11 is 0. The van der Waals surface area contributed by atoms with Crippen LogP contribution in [-0.4, -0.2) is 99.1 Å². The summed E-state index contributed by atoms with van der Waals surface area (Å²) in [7, 11) is 0. The predicted octanol–water partition coefficient (Wildman–Crippen LogP) is 2.89. The number of nitrogens with one attached hydrogen (secondary N) is 6. The monoisotopic (exact) mass is 867 g/mol. The third-order valence-electron chi connectivity index (χ3n) is 10.9.